The van der Waals surface area contributed by atoms with Gasteiger partial charge in [0.2, 0.25) is 0 Å². The lowest BCUT2D eigenvalue weighted by Crippen LogP contribution is -2.14. The van der Waals surface area contributed by atoms with Crippen molar-refractivity contribution in [3.8, 4) is 5.75 Å². The van der Waals surface area contributed by atoms with Gasteiger partial charge >= 0.3 is 0 Å². The number of ether oxygens (including phenoxy) is 1. The summed E-state index contributed by atoms with van der Waals surface area (Å²) < 4.78 is 5.09. The zero-order valence-electron chi connectivity index (χ0n) is 11.4. The number of halogens is 2. The fourth-order valence-corrected chi connectivity index (χ4v) is 2.36. The zero-order chi connectivity index (χ0) is 15.6. The van der Waals surface area contributed by atoms with Crippen molar-refractivity contribution in [2.45, 2.75) is 6.92 Å². The number of amides is 1. The molecule has 0 bridgehead atoms. The van der Waals surface area contributed by atoms with E-state index < -0.39 is 0 Å². The number of methoxy groups -OCH3 is 1. The SMILES string of the molecule is COc1cc(C(=O)Nc2c(C)cc(Cl)nc2Cl)ccc1N. The van der Waals surface area contributed by atoms with Gasteiger partial charge in [0.1, 0.15) is 10.9 Å². The van der Waals surface area contributed by atoms with Crippen LogP contribution in [0.1, 0.15) is 15.9 Å². The van der Waals surface area contributed by atoms with Gasteiger partial charge in [0.05, 0.1) is 18.5 Å². The van der Waals surface area contributed by atoms with Crippen LogP contribution in [0.3, 0.4) is 0 Å². The Bertz CT molecular complexity index is 682. The smallest absolute Gasteiger partial charge is 0.255 e. The summed E-state index contributed by atoms with van der Waals surface area (Å²) in [5.74, 6) is 0.0853. The molecular formula is C14H13Cl2N3O2. The number of hydrogen-bond acceptors (Lipinski definition) is 4. The third-order valence-electron chi connectivity index (χ3n) is 2.88. The van der Waals surface area contributed by atoms with Crippen LogP contribution in [-0.2, 0) is 0 Å². The standard InChI is InChI=1S/C14H13Cl2N3O2/c1-7-5-11(15)18-13(16)12(7)19-14(20)8-3-4-9(17)10(6-8)21-2/h3-6H,17H2,1-2H3,(H,19,20). The predicted molar refractivity (Wildman–Crippen MR) is 84.4 cm³/mol. The van der Waals surface area contributed by atoms with Gasteiger partial charge in [0.15, 0.2) is 5.15 Å². The highest BCUT2D eigenvalue weighted by Crippen LogP contribution is 2.28. The molecule has 3 N–H and O–H groups in total. The molecule has 2 aromatic rings. The molecule has 0 unspecified atom stereocenters. The van der Waals surface area contributed by atoms with E-state index in [-0.39, 0.29) is 16.2 Å². The summed E-state index contributed by atoms with van der Waals surface area (Å²) in [6, 6.07) is 6.37. The van der Waals surface area contributed by atoms with Crippen molar-refractivity contribution in [3.63, 3.8) is 0 Å². The third-order valence-corrected chi connectivity index (χ3v) is 3.34. The summed E-state index contributed by atoms with van der Waals surface area (Å²) in [6.45, 7) is 1.78. The number of carbonyl (C=O) groups excluding carboxylic acids is 1. The Kier molecular flexibility index (Phi) is 4.55. The highest BCUT2D eigenvalue weighted by atomic mass is 35.5. The Morgan fingerprint density at radius 1 is 1.33 bits per heavy atom. The summed E-state index contributed by atoms with van der Waals surface area (Å²) in [5, 5.41) is 3.11. The number of aryl methyl sites for hydroxylation is 1. The van der Waals surface area contributed by atoms with E-state index in [0.717, 1.165) is 5.56 Å². The quantitative estimate of drug-likeness (QED) is 0.668. The number of aromatic nitrogens is 1. The second kappa shape index (κ2) is 6.20. The fourth-order valence-electron chi connectivity index (χ4n) is 1.78. The Morgan fingerprint density at radius 2 is 2.05 bits per heavy atom. The van der Waals surface area contributed by atoms with Gasteiger partial charge in [0.25, 0.3) is 5.91 Å². The van der Waals surface area contributed by atoms with Crippen LogP contribution >= 0.6 is 23.2 Å². The highest BCUT2D eigenvalue weighted by molar-refractivity contribution is 6.35. The zero-order valence-corrected chi connectivity index (χ0v) is 12.9. The summed E-state index contributed by atoms with van der Waals surface area (Å²) in [7, 11) is 1.48. The lowest BCUT2D eigenvalue weighted by molar-refractivity contribution is 0.102. The van der Waals surface area contributed by atoms with Crippen LogP contribution in [0, 0.1) is 6.92 Å². The number of nitrogens with one attached hydrogen (secondary N) is 1. The lowest BCUT2D eigenvalue weighted by atomic mass is 10.1. The number of benzene rings is 1. The number of hydrogen-bond donors (Lipinski definition) is 2. The van der Waals surface area contributed by atoms with E-state index in [0.29, 0.717) is 22.7 Å². The molecule has 2 rings (SSSR count). The first-order valence-corrected chi connectivity index (χ1v) is 6.75. The number of anilines is 2. The molecule has 0 fully saturated rings. The normalized spacial score (nSPS) is 10.3. The van der Waals surface area contributed by atoms with Gasteiger partial charge < -0.3 is 15.8 Å². The van der Waals surface area contributed by atoms with Crippen LogP contribution in [0.25, 0.3) is 0 Å². The average molecular weight is 326 g/mol. The summed E-state index contributed by atoms with van der Waals surface area (Å²) in [6.07, 6.45) is 0. The first kappa shape index (κ1) is 15.4. The molecule has 110 valence electrons. The summed E-state index contributed by atoms with van der Waals surface area (Å²) in [4.78, 5) is 16.2. The Hall–Kier alpha value is -1.98. The van der Waals surface area contributed by atoms with E-state index in [1.54, 1.807) is 31.2 Å². The minimum Gasteiger partial charge on any atom is -0.495 e. The van der Waals surface area contributed by atoms with Crippen molar-refractivity contribution in [2.24, 2.45) is 0 Å². The van der Waals surface area contributed by atoms with Crippen LogP contribution in [-0.4, -0.2) is 18.0 Å². The first-order valence-electron chi connectivity index (χ1n) is 6.00. The lowest BCUT2D eigenvalue weighted by Gasteiger charge is -2.11. The minimum atomic E-state index is -0.345. The van der Waals surface area contributed by atoms with Crippen molar-refractivity contribution in [1.29, 1.82) is 0 Å². The maximum absolute atomic E-state index is 12.3. The van der Waals surface area contributed by atoms with Gasteiger partial charge in [-0.15, -0.1) is 0 Å². The van der Waals surface area contributed by atoms with E-state index in [2.05, 4.69) is 10.3 Å². The Balaban J connectivity index is 2.30. The monoisotopic (exact) mass is 325 g/mol. The fraction of sp³-hybridized carbons (Fsp3) is 0.143. The van der Waals surface area contributed by atoms with Gasteiger partial charge in [-0.05, 0) is 36.8 Å². The third kappa shape index (κ3) is 3.37. The van der Waals surface area contributed by atoms with Crippen LogP contribution in [0.4, 0.5) is 11.4 Å². The van der Waals surface area contributed by atoms with Crippen molar-refractivity contribution >= 4 is 40.5 Å². The summed E-state index contributed by atoms with van der Waals surface area (Å²) >= 11 is 11.8. The van der Waals surface area contributed by atoms with Gasteiger partial charge in [0, 0.05) is 5.56 Å². The van der Waals surface area contributed by atoms with Gasteiger partial charge in [-0.25, -0.2) is 4.98 Å². The molecule has 21 heavy (non-hydrogen) atoms. The number of pyridine rings is 1. The molecule has 0 aliphatic rings. The molecule has 5 nitrogen and oxygen atoms in total. The average Bonchev–Trinajstić information content (AvgIpc) is 2.43. The van der Waals surface area contributed by atoms with Crippen molar-refractivity contribution in [3.05, 3.63) is 45.7 Å². The van der Waals surface area contributed by atoms with Crippen molar-refractivity contribution < 1.29 is 9.53 Å². The van der Waals surface area contributed by atoms with E-state index >= 15 is 0 Å². The molecule has 0 saturated heterocycles. The number of nitrogen functional groups attached to an aromatic ring is 1. The van der Waals surface area contributed by atoms with Crippen LogP contribution in [0.15, 0.2) is 24.3 Å². The first-order chi connectivity index (χ1) is 9.92. The van der Waals surface area contributed by atoms with E-state index in [1.807, 2.05) is 0 Å². The molecule has 0 aliphatic carbocycles. The van der Waals surface area contributed by atoms with Crippen LogP contribution < -0.4 is 15.8 Å². The highest BCUT2D eigenvalue weighted by Gasteiger charge is 2.14. The van der Waals surface area contributed by atoms with Gasteiger partial charge in [-0.2, -0.15) is 0 Å². The Morgan fingerprint density at radius 3 is 2.67 bits per heavy atom. The molecule has 0 atom stereocenters. The molecule has 1 heterocycles. The maximum atomic E-state index is 12.3. The molecule has 0 saturated carbocycles. The topological polar surface area (TPSA) is 77.2 Å². The number of rotatable bonds is 3. The minimum absolute atomic E-state index is 0.135. The molecule has 0 radical (unpaired) electrons. The van der Waals surface area contributed by atoms with Gasteiger partial charge in [-0.1, -0.05) is 23.2 Å². The summed E-state index contributed by atoms with van der Waals surface area (Å²) in [5.41, 5.74) is 7.70. The van der Waals surface area contributed by atoms with Crippen molar-refractivity contribution in [2.75, 3.05) is 18.2 Å². The molecule has 1 amide bonds. The van der Waals surface area contributed by atoms with E-state index in [4.69, 9.17) is 33.7 Å². The second-order valence-corrected chi connectivity index (χ2v) is 5.08. The molecule has 7 heteroatoms. The van der Waals surface area contributed by atoms with Crippen molar-refractivity contribution in [1.82, 2.24) is 4.98 Å². The van der Waals surface area contributed by atoms with Gasteiger partial charge in [-0.3, -0.25) is 4.79 Å². The van der Waals surface area contributed by atoms with Crippen LogP contribution in [0.5, 0.6) is 5.75 Å². The largest absolute Gasteiger partial charge is 0.495 e. The molecule has 0 aliphatic heterocycles. The molecule has 1 aromatic heterocycles. The van der Waals surface area contributed by atoms with E-state index in [1.165, 1.54) is 7.11 Å². The second-order valence-electron chi connectivity index (χ2n) is 4.34. The maximum Gasteiger partial charge on any atom is 0.255 e. The predicted octanol–water partition coefficient (Wildman–Crippen LogP) is 3.54. The number of carbonyl (C=O) groups is 1. The molecular weight excluding hydrogens is 313 g/mol. The Labute approximate surface area is 132 Å². The van der Waals surface area contributed by atoms with Crippen LogP contribution in [0.2, 0.25) is 10.3 Å². The molecule has 1 aromatic carbocycles. The molecule has 0 spiro atoms. The van der Waals surface area contributed by atoms with E-state index in [9.17, 15) is 4.79 Å². The number of nitrogens with two attached hydrogens (primary N) is 1. The number of nitrogens with zero attached hydrogens (tertiary/aromatic N) is 1.